The molecule has 2 aliphatic carbocycles. The molecule has 0 aromatic heterocycles. The molecule has 1 aromatic rings. The van der Waals surface area contributed by atoms with E-state index in [1.165, 1.54) is 0 Å². The molecule has 2 heterocycles. The number of amidine groups is 1. The minimum absolute atomic E-state index is 0.0101. The maximum atomic E-state index is 12.6. The van der Waals surface area contributed by atoms with Crippen LogP contribution in [0.3, 0.4) is 0 Å². The lowest BCUT2D eigenvalue weighted by molar-refractivity contribution is -0.117. The van der Waals surface area contributed by atoms with Gasteiger partial charge in [-0.1, -0.05) is 48.6 Å². The molecule has 3 unspecified atom stereocenters. The number of benzene rings is 1. The average Bonchev–Trinajstić information content (AvgIpc) is 3.28. The molecule has 206 valence electrons. The Hall–Kier alpha value is -3.68. The van der Waals surface area contributed by atoms with Gasteiger partial charge in [0.05, 0.1) is 23.2 Å². The van der Waals surface area contributed by atoms with E-state index in [0.717, 1.165) is 42.6 Å². The van der Waals surface area contributed by atoms with Crippen molar-refractivity contribution in [3.8, 4) is 0 Å². The summed E-state index contributed by atoms with van der Waals surface area (Å²) >= 11 is 0. The molecule has 8 heteroatoms. The molecule has 4 aliphatic rings. The smallest absolute Gasteiger partial charge is 0.408 e. The summed E-state index contributed by atoms with van der Waals surface area (Å²) in [6.07, 6.45) is 17.2. The number of ether oxygens (including phenoxy) is 1. The Balaban J connectivity index is 1.40. The first-order chi connectivity index (χ1) is 18.7. The summed E-state index contributed by atoms with van der Waals surface area (Å²) in [4.78, 5) is 32.3. The molecule has 2 amide bonds. The number of hydrogen-bond acceptors (Lipinski definition) is 5. The maximum absolute atomic E-state index is 12.6. The number of alkyl halides is 1. The van der Waals surface area contributed by atoms with Crippen LogP contribution >= 0.6 is 0 Å². The van der Waals surface area contributed by atoms with E-state index in [-0.39, 0.29) is 30.5 Å². The number of fused-ring (bicyclic) bond motifs is 1. The summed E-state index contributed by atoms with van der Waals surface area (Å²) in [7, 11) is 0. The molecule has 5 rings (SSSR count). The first kappa shape index (κ1) is 26.9. The van der Waals surface area contributed by atoms with Crippen molar-refractivity contribution in [2.75, 3.05) is 13.2 Å². The Kier molecular flexibility index (Phi) is 7.47. The first-order valence-corrected chi connectivity index (χ1v) is 13.7. The van der Waals surface area contributed by atoms with Gasteiger partial charge in [0.2, 0.25) is 0 Å². The van der Waals surface area contributed by atoms with E-state index in [2.05, 4.69) is 64.1 Å². The van der Waals surface area contributed by atoms with E-state index in [9.17, 15) is 14.0 Å². The molecule has 7 nitrogen and oxygen atoms in total. The summed E-state index contributed by atoms with van der Waals surface area (Å²) in [6.45, 7) is 4.98. The molecule has 2 N–H and O–H groups in total. The van der Waals surface area contributed by atoms with E-state index >= 15 is 0 Å². The van der Waals surface area contributed by atoms with Crippen LogP contribution in [0.4, 0.5) is 9.18 Å². The van der Waals surface area contributed by atoms with Crippen LogP contribution in [0.1, 0.15) is 63.6 Å². The van der Waals surface area contributed by atoms with Crippen molar-refractivity contribution in [3.63, 3.8) is 0 Å². The first-order valence-electron chi connectivity index (χ1n) is 13.7. The number of allylic oxidation sites excluding steroid dienone is 3. The Labute approximate surface area is 229 Å². The minimum atomic E-state index is -0.604. The number of alkyl carbamates (subject to hydrolysis) is 1. The predicted molar refractivity (Wildman–Crippen MR) is 150 cm³/mol. The average molecular weight is 533 g/mol. The highest BCUT2D eigenvalue weighted by Gasteiger charge is 2.43. The van der Waals surface area contributed by atoms with E-state index in [0.29, 0.717) is 5.57 Å². The second kappa shape index (κ2) is 10.8. The van der Waals surface area contributed by atoms with Gasteiger partial charge < -0.3 is 20.3 Å². The van der Waals surface area contributed by atoms with Crippen molar-refractivity contribution < 1.29 is 18.7 Å². The third kappa shape index (κ3) is 5.70. The lowest BCUT2D eigenvalue weighted by atomic mass is 9.71. The number of rotatable bonds is 7. The SMILES string of the molecule is CC(C)(C)OC(=O)NC1(c2ccc(C3N=C4C=CC(C(=O)NCCF)=CN4C3C3C=CC=CC3)cc2)CCC1. The lowest BCUT2D eigenvalue weighted by Crippen LogP contribution is -2.52. The summed E-state index contributed by atoms with van der Waals surface area (Å²) in [5.41, 5.74) is 1.66. The molecule has 0 radical (unpaired) electrons. The number of carbonyl (C=O) groups is 2. The highest BCUT2D eigenvalue weighted by Crippen LogP contribution is 2.44. The highest BCUT2D eigenvalue weighted by molar-refractivity contribution is 6.04. The van der Waals surface area contributed by atoms with E-state index in [1.54, 1.807) is 6.08 Å². The summed E-state index contributed by atoms with van der Waals surface area (Å²) in [5, 5.41) is 5.74. The molecule has 0 bridgehead atoms. The Morgan fingerprint density at radius 1 is 1.15 bits per heavy atom. The fraction of sp³-hybridized carbons (Fsp3) is 0.452. The van der Waals surface area contributed by atoms with Gasteiger partial charge >= 0.3 is 6.09 Å². The molecule has 0 spiro atoms. The quantitative estimate of drug-likeness (QED) is 0.494. The van der Waals surface area contributed by atoms with Gasteiger partial charge in [-0.25, -0.2) is 9.18 Å². The zero-order chi connectivity index (χ0) is 27.6. The van der Waals surface area contributed by atoms with E-state index in [1.807, 2.05) is 33.0 Å². The number of carbonyl (C=O) groups excluding carboxylic acids is 2. The second-order valence-corrected chi connectivity index (χ2v) is 11.6. The second-order valence-electron chi connectivity index (χ2n) is 11.6. The van der Waals surface area contributed by atoms with E-state index in [4.69, 9.17) is 9.73 Å². The normalized spacial score (nSPS) is 24.8. The standard InChI is InChI=1S/C31H37FN4O3/c1-30(2,3)39-29(38)35-31(16-7-17-31)24-13-10-21(11-14-24)26-27(22-8-5-4-6-9-22)36-20-23(12-15-25(36)34-26)28(37)33-19-18-32/h4-6,8,10-15,20,22,26-27H,7,9,16-19H2,1-3H3,(H,33,37)(H,35,38). The maximum Gasteiger partial charge on any atom is 0.408 e. The zero-order valence-corrected chi connectivity index (χ0v) is 22.8. The molecule has 0 saturated heterocycles. The molecule has 2 aliphatic heterocycles. The van der Waals surface area contributed by atoms with Gasteiger partial charge in [-0.15, -0.1) is 0 Å². The van der Waals surface area contributed by atoms with Gasteiger partial charge in [0.15, 0.2) is 0 Å². The molecular formula is C31H37FN4O3. The summed E-state index contributed by atoms with van der Waals surface area (Å²) in [6, 6.07) is 8.25. The number of aliphatic imine (C=N–C) groups is 1. The van der Waals surface area contributed by atoms with Gasteiger partial charge in [0.25, 0.3) is 5.91 Å². The third-order valence-electron chi connectivity index (χ3n) is 7.72. The fourth-order valence-electron chi connectivity index (χ4n) is 5.71. The Bertz CT molecular complexity index is 1250. The van der Waals surface area contributed by atoms with Crippen molar-refractivity contribution >= 4 is 17.8 Å². The van der Waals surface area contributed by atoms with Crippen LogP contribution in [-0.4, -0.2) is 47.6 Å². The van der Waals surface area contributed by atoms with Crippen molar-refractivity contribution in [2.24, 2.45) is 10.9 Å². The van der Waals surface area contributed by atoms with Crippen LogP contribution in [-0.2, 0) is 15.1 Å². The van der Waals surface area contributed by atoms with Crippen LogP contribution in [0, 0.1) is 5.92 Å². The number of nitrogens with one attached hydrogen (secondary N) is 2. The number of nitrogens with zero attached hydrogens (tertiary/aromatic N) is 2. The zero-order valence-electron chi connectivity index (χ0n) is 22.8. The predicted octanol–water partition coefficient (Wildman–Crippen LogP) is 5.39. The Morgan fingerprint density at radius 2 is 1.92 bits per heavy atom. The minimum Gasteiger partial charge on any atom is -0.444 e. The van der Waals surface area contributed by atoms with Gasteiger partial charge in [0, 0.05) is 18.7 Å². The van der Waals surface area contributed by atoms with Crippen molar-refractivity contribution in [2.45, 2.75) is 69.7 Å². The van der Waals surface area contributed by atoms with Gasteiger partial charge in [-0.05, 0) is 69.7 Å². The van der Waals surface area contributed by atoms with Gasteiger partial charge in [-0.3, -0.25) is 9.79 Å². The van der Waals surface area contributed by atoms with Crippen LogP contribution in [0.5, 0.6) is 0 Å². The molecule has 3 atom stereocenters. The molecule has 1 aromatic carbocycles. The monoisotopic (exact) mass is 532 g/mol. The van der Waals surface area contributed by atoms with Crippen molar-refractivity contribution in [3.05, 3.63) is 83.6 Å². The number of hydrogen-bond donors (Lipinski definition) is 2. The molecule has 39 heavy (non-hydrogen) atoms. The number of amides is 2. The molecule has 1 saturated carbocycles. The molecule has 1 fully saturated rings. The Morgan fingerprint density at radius 3 is 2.54 bits per heavy atom. The van der Waals surface area contributed by atoms with Crippen LogP contribution < -0.4 is 10.6 Å². The van der Waals surface area contributed by atoms with Crippen molar-refractivity contribution in [1.82, 2.24) is 15.5 Å². The summed E-state index contributed by atoms with van der Waals surface area (Å²) in [5.74, 6) is 0.712. The largest absolute Gasteiger partial charge is 0.444 e. The fourth-order valence-corrected chi connectivity index (χ4v) is 5.71. The van der Waals surface area contributed by atoms with Crippen LogP contribution in [0.2, 0.25) is 0 Å². The lowest BCUT2D eigenvalue weighted by Gasteiger charge is -2.43. The third-order valence-corrected chi connectivity index (χ3v) is 7.72. The van der Waals surface area contributed by atoms with E-state index < -0.39 is 23.9 Å². The number of halogens is 1. The van der Waals surface area contributed by atoms with Crippen molar-refractivity contribution in [1.29, 1.82) is 0 Å². The topological polar surface area (TPSA) is 83.0 Å². The molecular weight excluding hydrogens is 495 g/mol. The van der Waals surface area contributed by atoms with Gasteiger partial charge in [-0.2, -0.15) is 0 Å². The van der Waals surface area contributed by atoms with Crippen LogP contribution in [0.25, 0.3) is 0 Å². The summed E-state index contributed by atoms with van der Waals surface area (Å²) < 4.78 is 18.1. The highest BCUT2D eigenvalue weighted by atomic mass is 19.1. The van der Waals surface area contributed by atoms with Crippen LogP contribution in [0.15, 0.2) is 77.5 Å². The van der Waals surface area contributed by atoms with Gasteiger partial charge in [0.1, 0.15) is 18.1 Å².